The quantitative estimate of drug-likeness (QED) is 0.633. The van der Waals surface area contributed by atoms with Crippen molar-refractivity contribution in [3.63, 3.8) is 0 Å². The number of halogens is 4. The molecule has 1 aliphatic heterocycles. The fraction of sp³-hybridized carbons (Fsp3) is 0.250. The number of carbonyl (C=O) groups excluding carboxylic acids is 3. The molecule has 0 aliphatic carbocycles. The summed E-state index contributed by atoms with van der Waals surface area (Å²) in [6.07, 6.45) is -6.92. The van der Waals surface area contributed by atoms with E-state index in [0.717, 1.165) is 31.4 Å². The zero-order chi connectivity index (χ0) is 17.4. The molecule has 0 unspecified atom stereocenters. The maximum atomic E-state index is 13.3. The minimum absolute atomic E-state index is 0.142. The van der Waals surface area contributed by atoms with E-state index in [-0.39, 0.29) is 10.6 Å². The Bertz CT molecular complexity index is 661. The van der Waals surface area contributed by atoms with E-state index >= 15 is 0 Å². The van der Waals surface area contributed by atoms with Gasteiger partial charge in [-0.2, -0.15) is 13.2 Å². The zero-order valence-electron chi connectivity index (χ0n) is 11.4. The van der Waals surface area contributed by atoms with Crippen molar-refractivity contribution in [2.75, 3.05) is 12.0 Å². The highest BCUT2D eigenvalue weighted by atomic mass is 19.4. The fourth-order valence-corrected chi connectivity index (χ4v) is 1.91. The van der Waals surface area contributed by atoms with Crippen LogP contribution in [0, 0.1) is 5.82 Å². The van der Waals surface area contributed by atoms with Crippen molar-refractivity contribution in [3.05, 3.63) is 30.1 Å². The summed E-state index contributed by atoms with van der Waals surface area (Å²) in [5.41, 5.74) is -3.97. The number of nitrogens with one attached hydrogen (secondary N) is 2. The Kier molecular flexibility index (Phi) is 3.89. The number of alkyl halides is 3. The molecule has 124 valence electrons. The van der Waals surface area contributed by atoms with E-state index in [1.807, 2.05) is 0 Å². The van der Waals surface area contributed by atoms with Gasteiger partial charge in [0.15, 0.2) is 0 Å². The standard InChI is InChI=1S/C12H9F4N3O4/c1-23-10(22)18-11(12(14,15)16)8(20)19(9(21)17-11)7-4-2-6(13)3-5-7/h2-5H,1H3,(H,17,21)(H,18,22)/t11-/m0/s1. The summed E-state index contributed by atoms with van der Waals surface area (Å²) in [5, 5.41) is 2.68. The number of imide groups is 1. The number of alkyl carbamates (subject to hydrolysis) is 1. The van der Waals surface area contributed by atoms with E-state index in [9.17, 15) is 31.9 Å². The number of anilines is 1. The smallest absolute Gasteiger partial charge is 0.440 e. The number of nitrogens with zero attached hydrogens (tertiary/aromatic N) is 1. The number of methoxy groups -OCH3 is 1. The van der Waals surface area contributed by atoms with Crippen molar-refractivity contribution in [2.45, 2.75) is 11.8 Å². The third-order valence-corrected chi connectivity index (χ3v) is 3.01. The van der Waals surface area contributed by atoms with Gasteiger partial charge in [-0.25, -0.2) is 18.9 Å². The molecule has 1 aromatic carbocycles. The van der Waals surface area contributed by atoms with Crippen LogP contribution in [-0.2, 0) is 9.53 Å². The monoisotopic (exact) mass is 335 g/mol. The first kappa shape index (κ1) is 16.5. The Morgan fingerprint density at radius 1 is 1.26 bits per heavy atom. The fourth-order valence-electron chi connectivity index (χ4n) is 1.91. The summed E-state index contributed by atoms with van der Waals surface area (Å²) in [4.78, 5) is 35.3. The second-order valence-corrected chi connectivity index (χ2v) is 4.41. The molecule has 0 spiro atoms. The Morgan fingerprint density at radius 2 is 1.83 bits per heavy atom. The van der Waals surface area contributed by atoms with Gasteiger partial charge in [0.2, 0.25) is 0 Å². The molecule has 1 saturated heterocycles. The summed E-state index contributed by atoms with van der Waals surface area (Å²) in [6, 6.07) is 2.17. The topological polar surface area (TPSA) is 87.7 Å². The van der Waals surface area contributed by atoms with Crippen molar-refractivity contribution < 1.29 is 36.7 Å². The first-order valence-electron chi connectivity index (χ1n) is 5.97. The largest absolute Gasteiger partial charge is 0.453 e. The first-order valence-corrected chi connectivity index (χ1v) is 5.97. The third-order valence-electron chi connectivity index (χ3n) is 3.01. The highest BCUT2D eigenvalue weighted by Gasteiger charge is 2.69. The number of ether oxygens (including phenoxy) is 1. The SMILES string of the molecule is COC(=O)N[C@@]1(C(F)(F)F)NC(=O)N(c2ccc(F)cc2)C1=O. The molecule has 1 atom stereocenters. The normalized spacial score (nSPS) is 21.2. The van der Waals surface area contributed by atoms with Gasteiger partial charge in [-0.1, -0.05) is 0 Å². The number of rotatable bonds is 2. The Labute approximate surface area is 126 Å². The minimum atomic E-state index is -5.34. The van der Waals surface area contributed by atoms with Gasteiger partial charge in [0.25, 0.3) is 11.6 Å². The molecular weight excluding hydrogens is 326 g/mol. The molecule has 0 saturated carbocycles. The summed E-state index contributed by atoms with van der Waals surface area (Å²) in [7, 11) is 0.790. The van der Waals surface area contributed by atoms with Crippen LogP contribution in [0.2, 0.25) is 0 Å². The van der Waals surface area contributed by atoms with Crippen molar-refractivity contribution in [3.8, 4) is 0 Å². The lowest BCUT2D eigenvalue weighted by Crippen LogP contribution is -2.69. The van der Waals surface area contributed by atoms with Gasteiger partial charge in [-0.05, 0) is 24.3 Å². The van der Waals surface area contributed by atoms with Gasteiger partial charge >= 0.3 is 18.3 Å². The van der Waals surface area contributed by atoms with E-state index in [0.29, 0.717) is 0 Å². The number of urea groups is 1. The van der Waals surface area contributed by atoms with Gasteiger partial charge < -0.3 is 4.74 Å². The van der Waals surface area contributed by atoms with Crippen LogP contribution in [0.4, 0.5) is 32.8 Å². The van der Waals surface area contributed by atoms with Gasteiger partial charge in [-0.15, -0.1) is 0 Å². The Balaban J connectivity index is 2.47. The molecule has 1 fully saturated rings. The lowest BCUT2D eigenvalue weighted by Gasteiger charge is -2.29. The summed E-state index contributed by atoms with van der Waals surface area (Å²) >= 11 is 0. The molecule has 2 N–H and O–H groups in total. The molecule has 1 aliphatic rings. The Morgan fingerprint density at radius 3 is 2.30 bits per heavy atom. The average Bonchev–Trinajstić information content (AvgIpc) is 2.71. The molecule has 1 aromatic rings. The second-order valence-electron chi connectivity index (χ2n) is 4.41. The number of hydrogen-bond donors (Lipinski definition) is 2. The summed E-state index contributed by atoms with van der Waals surface area (Å²) in [5.74, 6) is -2.51. The molecule has 0 aromatic heterocycles. The maximum absolute atomic E-state index is 13.3. The molecule has 2 rings (SSSR count). The third kappa shape index (κ3) is 2.64. The number of amides is 4. The second kappa shape index (κ2) is 5.41. The molecule has 23 heavy (non-hydrogen) atoms. The van der Waals surface area contributed by atoms with Crippen molar-refractivity contribution in [1.82, 2.24) is 10.6 Å². The van der Waals surface area contributed by atoms with Crippen LogP contribution in [0.5, 0.6) is 0 Å². The van der Waals surface area contributed by atoms with Crippen molar-refractivity contribution >= 4 is 23.7 Å². The molecule has 0 radical (unpaired) electrons. The van der Waals surface area contributed by atoms with Gasteiger partial charge in [-0.3, -0.25) is 15.4 Å². The first-order chi connectivity index (χ1) is 10.6. The van der Waals surface area contributed by atoms with E-state index in [1.165, 1.54) is 10.6 Å². The predicted molar refractivity (Wildman–Crippen MR) is 66.7 cm³/mol. The van der Waals surface area contributed by atoms with E-state index in [2.05, 4.69) is 4.74 Å². The molecule has 4 amide bonds. The predicted octanol–water partition coefficient (Wildman–Crippen LogP) is 1.50. The zero-order valence-corrected chi connectivity index (χ0v) is 11.4. The highest BCUT2D eigenvalue weighted by Crippen LogP contribution is 2.35. The van der Waals surface area contributed by atoms with Crippen LogP contribution >= 0.6 is 0 Å². The number of benzene rings is 1. The van der Waals surface area contributed by atoms with Crippen molar-refractivity contribution in [2.24, 2.45) is 0 Å². The maximum Gasteiger partial charge on any atom is 0.440 e. The van der Waals surface area contributed by atoms with Crippen LogP contribution in [-0.4, -0.2) is 37.0 Å². The Hall–Kier alpha value is -2.85. The minimum Gasteiger partial charge on any atom is -0.453 e. The highest BCUT2D eigenvalue weighted by molar-refractivity contribution is 6.24. The van der Waals surface area contributed by atoms with Crippen molar-refractivity contribution in [1.29, 1.82) is 0 Å². The lowest BCUT2D eigenvalue weighted by atomic mass is 10.1. The molecule has 0 bridgehead atoms. The number of hydrogen-bond acceptors (Lipinski definition) is 4. The van der Waals surface area contributed by atoms with Crippen LogP contribution in [0.1, 0.15) is 0 Å². The van der Waals surface area contributed by atoms with Crippen LogP contribution < -0.4 is 15.5 Å². The molecular formula is C12H9F4N3O4. The van der Waals surface area contributed by atoms with Gasteiger partial charge in [0.05, 0.1) is 12.8 Å². The summed E-state index contributed by atoms with van der Waals surface area (Å²) < 4.78 is 56.8. The van der Waals surface area contributed by atoms with E-state index in [1.54, 1.807) is 0 Å². The van der Waals surface area contributed by atoms with Crippen LogP contribution in [0.25, 0.3) is 0 Å². The van der Waals surface area contributed by atoms with Gasteiger partial charge in [0.1, 0.15) is 5.82 Å². The lowest BCUT2D eigenvalue weighted by molar-refractivity contribution is -0.197. The van der Waals surface area contributed by atoms with E-state index in [4.69, 9.17) is 0 Å². The average molecular weight is 335 g/mol. The van der Waals surface area contributed by atoms with Gasteiger partial charge in [0, 0.05) is 0 Å². The van der Waals surface area contributed by atoms with Crippen LogP contribution in [0.15, 0.2) is 24.3 Å². The van der Waals surface area contributed by atoms with Crippen LogP contribution in [0.3, 0.4) is 0 Å². The van der Waals surface area contributed by atoms with E-state index < -0.39 is 35.7 Å². The summed E-state index contributed by atoms with van der Waals surface area (Å²) in [6.45, 7) is 0. The number of carbonyl (C=O) groups is 3. The molecule has 7 nitrogen and oxygen atoms in total. The molecule has 1 heterocycles. The molecule has 11 heteroatoms.